The molecule has 5 rings (SSSR count). The molecular weight excluding hydrogens is 608 g/mol. The van der Waals surface area contributed by atoms with Gasteiger partial charge in [0.1, 0.15) is 70.6 Å². The number of phenols is 2. The summed E-state index contributed by atoms with van der Waals surface area (Å²) in [5, 5.41) is 100. The average molecular weight is 637 g/mol. The minimum atomic E-state index is -2.01. The molecule has 10 atom stereocenters. The standard InChI is InChI=1S/C28H28O17/c29-10-5-11(30)17-12(31)7-14(42-15(17)6-10)8-1-2-13(44-28-23(37)20(34)22(36)25(45-28)27(40)41)9(3-8)4-16-18(32)19(33)21(35)24(43-16)26(38)39/h1-3,5-7,16,18-25,28-30,32-37H,4H2,(H,38,39)(H,40,41)/t16-,18?,19+,20?,21-,22-,23?,24?,25?,28+/m0/s1. The molecule has 2 saturated heterocycles. The van der Waals surface area contributed by atoms with E-state index in [1.54, 1.807) is 0 Å². The van der Waals surface area contributed by atoms with Gasteiger partial charge in [0.2, 0.25) is 6.29 Å². The molecule has 17 nitrogen and oxygen atoms in total. The molecular formula is C28H28O17. The quantitative estimate of drug-likeness (QED) is 0.129. The van der Waals surface area contributed by atoms with Crippen LogP contribution in [-0.4, -0.2) is 124 Å². The van der Waals surface area contributed by atoms with Gasteiger partial charge in [-0.3, -0.25) is 4.79 Å². The van der Waals surface area contributed by atoms with Gasteiger partial charge in [-0.2, -0.15) is 0 Å². The first kappa shape index (κ1) is 32.1. The summed E-state index contributed by atoms with van der Waals surface area (Å²) >= 11 is 0. The Balaban J connectivity index is 1.57. The number of aliphatic hydroxyl groups excluding tert-OH is 6. The van der Waals surface area contributed by atoms with E-state index in [1.165, 1.54) is 18.2 Å². The van der Waals surface area contributed by atoms with Crippen LogP contribution in [-0.2, 0) is 25.5 Å². The Hall–Kier alpha value is -4.33. The Labute approximate surface area is 250 Å². The Morgan fingerprint density at radius 3 is 2.02 bits per heavy atom. The molecule has 0 radical (unpaired) electrons. The molecule has 10 N–H and O–H groups in total. The van der Waals surface area contributed by atoms with E-state index in [2.05, 4.69) is 0 Å². The number of carbonyl (C=O) groups is 2. The van der Waals surface area contributed by atoms with Crippen molar-refractivity contribution in [3.8, 4) is 28.6 Å². The largest absolute Gasteiger partial charge is 0.508 e. The fourth-order valence-corrected chi connectivity index (χ4v) is 5.22. The first-order valence-corrected chi connectivity index (χ1v) is 13.3. The van der Waals surface area contributed by atoms with Gasteiger partial charge in [-0.1, -0.05) is 0 Å². The number of rotatable bonds is 7. The normalized spacial score (nSPS) is 31.9. The van der Waals surface area contributed by atoms with Crippen LogP contribution in [0.2, 0.25) is 0 Å². The third-order valence-corrected chi connectivity index (χ3v) is 7.57. The van der Waals surface area contributed by atoms with Gasteiger partial charge in [-0.25, -0.2) is 9.59 Å². The highest BCUT2D eigenvalue weighted by molar-refractivity contribution is 5.86. The fraction of sp³-hybridized carbons (Fsp3) is 0.393. The maximum absolute atomic E-state index is 12.8. The van der Waals surface area contributed by atoms with Crippen molar-refractivity contribution in [2.24, 2.45) is 0 Å². The number of hydrogen-bond donors (Lipinski definition) is 10. The lowest BCUT2D eigenvalue weighted by Crippen LogP contribution is -2.61. The third kappa shape index (κ3) is 6.02. The van der Waals surface area contributed by atoms with Crippen molar-refractivity contribution in [3.63, 3.8) is 0 Å². The number of hydrogen-bond acceptors (Lipinski definition) is 15. The summed E-state index contributed by atoms with van der Waals surface area (Å²) in [6.45, 7) is 0. The minimum Gasteiger partial charge on any atom is -0.508 e. The van der Waals surface area contributed by atoms with E-state index in [9.17, 15) is 65.4 Å². The van der Waals surface area contributed by atoms with Gasteiger partial charge in [0.15, 0.2) is 17.6 Å². The van der Waals surface area contributed by atoms with E-state index in [0.29, 0.717) is 0 Å². The maximum Gasteiger partial charge on any atom is 0.335 e. The van der Waals surface area contributed by atoms with Crippen LogP contribution < -0.4 is 10.2 Å². The van der Waals surface area contributed by atoms with Gasteiger partial charge in [0.05, 0.1) is 6.10 Å². The Morgan fingerprint density at radius 1 is 0.756 bits per heavy atom. The first-order valence-electron chi connectivity index (χ1n) is 13.3. The Bertz CT molecular complexity index is 1670. The van der Waals surface area contributed by atoms with Crippen LogP contribution in [0.1, 0.15) is 5.56 Å². The molecule has 45 heavy (non-hydrogen) atoms. The van der Waals surface area contributed by atoms with Crippen molar-refractivity contribution in [3.05, 3.63) is 52.2 Å². The Morgan fingerprint density at radius 2 is 1.38 bits per heavy atom. The van der Waals surface area contributed by atoms with Crippen LogP contribution in [0.25, 0.3) is 22.3 Å². The van der Waals surface area contributed by atoms with Crippen LogP contribution in [0.4, 0.5) is 0 Å². The molecule has 0 bridgehead atoms. The highest BCUT2D eigenvalue weighted by Gasteiger charge is 2.49. The molecule has 242 valence electrons. The van der Waals surface area contributed by atoms with Crippen LogP contribution >= 0.6 is 0 Å². The lowest BCUT2D eigenvalue weighted by molar-refractivity contribution is -0.271. The van der Waals surface area contributed by atoms with Crippen molar-refractivity contribution >= 4 is 22.9 Å². The molecule has 2 aliphatic heterocycles. The van der Waals surface area contributed by atoms with Crippen LogP contribution in [0.3, 0.4) is 0 Å². The number of carboxylic acid groups (broad SMARTS) is 2. The van der Waals surface area contributed by atoms with Gasteiger partial charge in [-0.15, -0.1) is 0 Å². The highest BCUT2D eigenvalue weighted by Crippen LogP contribution is 2.35. The highest BCUT2D eigenvalue weighted by atomic mass is 16.7. The third-order valence-electron chi connectivity index (χ3n) is 7.57. The smallest absolute Gasteiger partial charge is 0.335 e. The summed E-state index contributed by atoms with van der Waals surface area (Å²) in [6, 6.07) is 6.92. The molecule has 0 amide bonds. The summed E-state index contributed by atoms with van der Waals surface area (Å²) in [5.41, 5.74) is -0.725. The molecule has 3 aromatic rings. The predicted octanol–water partition coefficient (Wildman–Crippen LogP) is -2.38. The van der Waals surface area contributed by atoms with E-state index in [0.717, 1.165) is 18.2 Å². The monoisotopic (exact) mass is 636 g/mol. The molecule has 1 aromatic heterocycles. The van der Waals surface area contributed by atoms with Crippen LogP contribution in [0, 0.1) is 0 Å². The number of fused-ring (bicyclic) bond motifs is 1. The van der Waals surface area contributed by atoms with E-state index in [-0.39, 0.29) is 33.6 Å². The van der Waals surface area contributed by atoms with E-state index < -0.39 is 96.5 Å². The van der Waals surface area contributed by atoms with Crippen molar-refractivity contribution < 1.29 is 79.3 Å². The van der Waals surface area contributed by atoms with Crippen LogP contribution in [0.15, 0.2) is 45.6 Å². The second kappa shape index (κ2) is 12.2. The van der Waals surface area contributed by atoms with Gasteiger partial charge < -0.3 is 69.7 Å². The van der Waals surface area contributed by atoms with E-state index >= 15 is 0 Å². The van der Waals surface area contributed by atoms with Crippen molar-refractivity contribution in [1.82, 2.24) is 0 Å². The molecule has 17 heteroatoms. The van der Waals surface area contributed by atoms with E-state index in [4.69, 9.17) is 18.6 Å². The number of aliphatic carboxylic acids is 2. The Kier molecular flexibility index (Phi) is 8.71. The zero-order chi connectivity index (χ0) is 32.9. The molecule has 3 heterocycles. The lowest BCUT2D eigenvalue weighted by Gasteiger charge is -2.40. The summed E-state index contributed by atoms with van der Waals surface area (Å²) in [6.07, 6.45) is -19.6. The average Bonchev–Trinajstić information content (AvgIpc) is 2.97. The zero-order valence-electron chi connectivity index (χ0n) is 22.8. The van der Waals surface area contributed by atoms with E-state index in [1.807, 2.05) is 0 Å². The second-order valence-electron chi connectivity index (χ2n) is 10.6. The summed E-state index contributed by atoms with van der Waals surface area (Å²) in [5.74, 6) is -4.57. The molecule has 2 aliphatic rings. The zero-order valence-corrected chi connectivity index (χ0v) is 22.8. The minimum absolute atomic E-state index is 0.00840. The summed E-state index contributed by atoms with van der Waals surface area (Å²) in [4.78, 5) is 36.0. The lowest BCUT2D eigenvalue weighted by atomic mass is 9.90. The van der Waals surface area contributed by atoms with Gasteiger partial charge in [0, 0.05) is 30.2 Å². The van der Waals surface area contributed by atoms with Crippen LogP contribution in [0.5, 0.6) is 17.2 Å². The number of aliphatic hydroxyl groups is 6. The molecule has 0 saturated carbocycles. The molecule has 0 spiro atoms. The fourth-order valence-electron chi connectivity index (χ4n) is 5.22. The summed E-state index contributed by atoms with van der Waals surface area (Å²) in [7, 11) is 0. The van der Waals surface area contributed by atoms with Gasteiger partial charge >= 0.3 is 11.9 Å². The molecule has 2 aromatic carbocycles. The first-order chi connectivity index (χ1) is 21.2. The number of benzene rings is 2. The van der Waals surface area contributed by atoms with Gasteiger partial charge in [-0.05, 0) is 23.8 Å². The number of aromatic hydroxyl groups is 2. The van der Waals surface area contributed by atoms with Crippen molar-refractivity contribution in [2.45, 2.75) is 67.6 Å². The number of carboxylic acids is 2. The number of ether oxygens (including phenoxy) is 3. The molecule has 2 fully saturated rings. The van der Waals surface area contributed by atoms with Crippen molar-refractivity contribution in [1.29, 1.82) is 0 Å². The maximum atomic E-state index is 12.8. The van der Waals surface area contributed by atoms with Gasteiger partial charge in [0.25, 0.3) is 0 Å². The molecule has 0 aliphatic carbocycles. The van der Waals surface area contributed by atoms with Crippen molar-refractivity contribution in [2.75, 3.05) is 0 Å². The molecule has 5 unspecified atom stereocenters. The topological polar surface area (TPSA) is 294 Å². The summed E-state index contributed by atoms with van der Waals surface area (Å²) < 4.78 is 21.9. The predicted molar refractivity (Wildman–Crippen MR) is 144 cm³/mol. The second-order valence-corrected chi connectivity index (χ2v) is 10.6. The number of phenolic OH excluding ortho intramolecular Hbond substituents is 2. The SMILES string of the molecule is O=C(O)C1O[C@@H](Oc2ccc(-c3cc(=O)c4c(O)cc(O)cc4o3)cc2C[C@@H]2OC(C(=O)O)[C@@H](O)[C@H](O)C2O)C(O)C(O)[C@@H]1O.